The fourth-order valence-corrected chi connectivity index (χ4v) is 11.4. The molecule has 6 amide bonds. The molecule has 4 atom stereocenters. The largest absolute Gasteiger partial charge is 0.458 e. The van der Waals surface area contributed by atoms with Gasteiger partial charge in [0, 0.05) is 17.0 Å². The number of halogens is 1. The lowest BCUT2D eigenvalue weighted by atomic mass is 9.79. The Morgan fingerprint density at radius 3 is 2.29 bits per heavy atom. The second-order valence-electron chi connectivity index (χ2n) is 20.5. The molecule has 1 unspecified atom stereocenters. The van der Waals surface area contributed by atoms with E-state index >= 15 is 4.39 Å². The molecule has 80 heavy (non-hydrogen) atoms. The first-order valence-electron chi connectivity index (χ1n) is 26.5. The van der Waals surface area contributed by atoms with Gasteiger partial charge in [0.05, 0.1) is 36.9 Å². The summed E-state index contributed by atoms with van der Waals surface area (Å²) >= 11 is 0. The zero-order chi connectivity index (χ0) is 56.4. The highest BCUT2D eigenvalue weighted by atomic mass is 19.1. The van der Waals surface area contributed by atoms with Gasteiger partial charge >= 0.3 is 12.1 Å². The summed E-state index contributed by atoms with van der Waals surface area (Å²) in [6.07, 6.45) is 7.06. The summed E-state index contributed by atoms with van der Waals surface area (Å²) in [5.41, 5.74) is 8.31. The molecule has 414 valence electrons. The highest BCUT2D eigenvalue weighted by Crippen LogP contribution is 2.53. The van der Waals surface area contributed by atoms with E-state index in [-0.39, 0.29) is 43.5 Å². The second-order valence-corrected chi connectivity index (χ2v) is 20.5. The van der Waals surface area contributed by atoms with Gasteiger partial charge in [-0.15, -0.1) is 0 Å². The number of cyclic esters (lactones) is 1. The Hall–Kier alpha value is -8.75. The van der Waals surface area contributed by atoms with Gasteiger partial charge in [-0.2, -0.15) is 0 Å². The van der Waals surface area contributed by atoms with Crippen LogP contribution in [-0.4, -0.2) is 97.9 Å². The number of aryl methyl sites for hydroxylation is 1. The molecule has 0 bridgehead atoms. The van der Waals surface area contributed by atoms with Crippen molar-refractivity contribution in [1.29, 1.82) is 0 Å². The van der Waals surface area contributed by atoms with E-state index in [2.05, 4.69) is 38.5 Å². The van der Waals surface area contributed by atoms with Crippen LogP contribution in [0.2, 0.25) is 0 Å². The molecule has 20 heteroatoms. The van der Waals surface area contributed by atoms with Crippen LogP contribution in [0.1, 0.15) is 89.6 Å². The van der Waals surface area contributed by atoms with Gasteiger partial charge in [0.1, 0.15) is 51.1 Å². The molecule has 1 fully saturated rings. The van der Waals surface area contributed by atoms with Gasteiger partial charge in [-0.25, -0.2) is 14.0 Å². The van der Waals surface area contributed by atoms with E-state index in [1.165, 1.54) is 6.07 Å². The maximum Gasteiger partial charge on any atom is 0.407 e. The Morgan fingerprint density at radius 2 is 1.56 bits per heavy atom. The number of aromatic nitrogens is 1. The Balaban J connectivity index is 0.702. The van der Waals surface area contributed by atoms with Crippen LogP contribution in [0.15, 0.2) is 108 Å². The van der Waals surface area contributed by atoms with Crippen molar-refractivity contribution < 1.29 is 56.9 Å². The molecule has 5 aliphatic rings. The quantitative estimate of drug-likeness (QED) is 0.0193. The SMILES string of the molecule is C=C/C=C\C=C(/C)CC[C@H](NC(=O)CNC(=O)CNC(=O)OCC1c2ccccc2-c2ccccc21)C(=O)NCC(=O)NCOCC(=O)N[C@H]1CCc2c(C)c(F)cc3cc4c(c1c23)Cn1c-4cc2c(c1=O)COC(=O)[C@@]21OC1C. The Labute approximate surface area is 459 Å². The lowest BCUT2D eigenvalue weighted by Gasteiger charge is -2.30. The molecule has 10 rings (SSSR count). The van der Waals surface area contributed by atoms with Crippen LogP contribution in [0, 0.1) is 12.7 Å². The van der Waals surface area contributed by atoms with Crippen LogP contribution in [0.4, 0.5) is 9.18 Å². The summed E-state index contributed by atoms with van der Waals surface area (Å²) in [5.74, 6) is -4.30. The number of hydrogen-bond donors (Lipinski definition) is 6. The van der Waals surface area contributed by atoms with Gasteiger partial charge < -0.3 is 55.4 Å². The molecule has 19 nitrogen and oxygen atoms in total. The minimum absolute atomic E-state index is 0.0520. The van der Waals surface area contributed by atoms with Crippen LogP contribution in [0.5, 0.6) is 0 Å². The third-order valence-corrected chi connectivity index (χ3v) is 15.5. The van der Waals surface area contributed by atoms with Crippen LogP contribution in [0.3, 0.4) is 0 Å². The summed E-state index contributed by atoms with van der Waals surface area (Å²) < 4.78 is 39.3. The van der Waals surface area contributed by atoms with Gasteiger partial charge in [0.15, 0.2) is 0 Å². The van der Waals surface area contributed by atoms with Crippen molar-refractivity contribution in [3.63, 3.8) is 0 Å². The monoisotopic (exact) mass is 1090 g/mol. The average molecular weight is 1090 g/mol. The molecule has 0 saturated carbocycles. The summed E-state index contributed by atoms with van der Waals surface area (Å²) in [6, 6.07) is 19.2. The molecule has 6 N–H and O–H groups in total. The van der Waals surface area contributed by atoms with Gasteiger partial charge in [-0.05, 0) is 120 Å². The number of carbonyl (C=O) groups excluding carboxylic acids is 7. The van der Waals surface area contributed by atoms with E-state index in [9.17, 15) is 38.4 Å². The normalized spacial score (nSPS) is 18.4. The zero-order valence-corrected chi connectivity index (χ0v) is 44.4. The zero-order valence-electron chi connectivity index (χ0n) is 44.4. The number of nitrogens with one attached hydrogen (secondary N) is 6. The number of allylic oxidation sites excluding steroid dienone is 5. The number of alkyl carbamates (subject to hydrolysis) is 1. The van der Waals surface area contributed by atoms with E-state index in [0.29, 0.717) is 52.6 Å². The molecule has 1 saturated heterocycles. The smallest absolute Gasteiger partial charge is 0.407 e. The number of esters is 1. The number of carbonyl (C=O) groups is 7. The Bertz CT molecular complexity index is 3510. The minimum Gasteiger partial charge on any atom is -0.458 e. The summed E-state index contributed by atoms with van der Waals surface area (Å²) in [5, 5.41) is 16.9. The molecule has 0 radical (unpaired) electrons. The summed E-state index contributed by atoms with van der Waals surface area (Å²) in [7, 11) is 0. The molecule has 1 spiro atoms. The van der Waals surface area contributed by atoms with Crippen LogP contribution in [-0.2, 0) is 72.9 Å². The van der Waals surface area contributed by atoms with Crippen LogP contribution < -0.4 is 37.5 Å². The Kier molecular flexibility index (Phi) is 15.6. The van der Waals surface area contributed by atoms with Gasteiger partial charge in [-0.1, -0.05) is 85.0 Å². The lowest BCUT2D eigenvalue weighted by Crippen LogP contribution is -2.51. The first kappa shape index (κ1) is 54.6. The molecule has 5 aromatic rings. The lowest BCUT2D eigenvalue weighted by molar-refractivity contribution is -0.154. The van der Waals surface area contributed by atoms with Crippen molar-refractivity contribution in [3.8, 4) is 22.4 Å². The molecule has 4 aromatic carbocycles. The highest BCUT2D eigenvalue weighted by Gasteiger charge is 2.65. The number of pyridine rings is 1. The molecule has 1 aromatic heterocycles. The fourth-order valence-electron chi connectivity index (χ4n) is 11.4. The number of amides is 6. The van der Waals surface area contributed by atoms with E-state index in [4.69, 9.17) is 18.9 Å². The van der Waals surface area contributed by atoms with Gasteiger partial charge in [0.2, 0.25) is 35.1 Å². The number of ether oxygens (including phenoxy) is 4. The van der Waals surface area contributed by atoms with Crippen LogP contribution >= 0.6 is 0 Å². The minimum atomic E-state index is -1.36. The van der Waals surface area contributed by atoms with Crippen molar-refractivity contribution in [2.45, 2.75) is 89.3 Å². The first-order valence-corrected chi connectivity index (χ1v) is 26.5. The summed E-state index contributed by atoms with van der Waals surface area (Å²) in [4.78, 5) is 105. The molecule has 4 heterocycles. The maximum absolute atomic E-state index is 15.5. The van der Waals surface area contributed by atoms with Crippen molar-refractivity contribution in [1.82, 2.24) is 36.5 Å². The van der Waals surface area contributed by atoms with Crippen LogP contribution in [0.25, 0.3) is 33.2 Å². The summed E-state index contributed by atoms with van der Waals surface area (Å²) in [6.45, 7) is 6.65. The van der Waals surface area contributed by atoms with E-state index in [1.54, 1.807) is 42.7 Å². The predicted octanol–water partition coefficient (Wildman–Crippen LogP) is 5.07. The van der Waals surface area contributed by atoms with Crippen molar-refractivity contribution in [2.75, 3.05) is 39.6 Å². The standard InChI is InChI=1S/C60H60FN7O12/c1-5-6-7-12-32(2)17-19-48(67-52(71)26-62-50(69)25-64-59(76)79-28-43-39-15-10-8-13-37(39)38-14-9-11-16-40(38)43)56(73)63-24-51(70)65-31-77-30-53(72)66-47-20-18-36-33(3)46(61)22-35-21-41-42(55(47)54(35)36)27-68-49(41)23-45-44(57(68)74)29-78-58(75)60(45)34(4)80-60/h5-16,21-23,34,43,47-48H,1,17-20,24-31H2,2-4H3,(H,62,69)(H,63,73)(H,64,76)(H,65,70)(H,66,72)(H,67,71)/b7-6-,32-12+/t34?,47-,48-,60-/m0/s1. The number of benzene rings is 4. The highest BCUT2D eigenvalue weighted by molar-refractivity contribution is 5.98. The van der Waals surface area contributed by atoms with Crippen molar-refractivity contribution in [2.24, 2.45) is 0 Å². The number of rotatable bonds is 20. The van der Waals surface area contributed by atoms with Crippen molar-refractivity contribution in [3.05, 3.63) is 164 Å². The van der Waals surface area contributed by atoms with E-state index in [0.717, 1.165) is 49.9 Å². The number of epoxide rings is 1. The van der Waals surface area contributed by atoms with E-state index < -0.39 is 98.4 Å². The topological polar surface area (TPSA) is 254 Å². The maximum atomic E-state index is 15.5. The second kappa shape index (κ2) is 22.9. The van der Waals surface area contributed by atoms with Gasteiger partial charge in [0.25, 0.3) is 5.56 Å². The average Bonchev–Trinajstić information content (AvgIpc) is 3.78. The number of hydrogen-bond acceptors (Lipinski definition) is 12. The number of nitrogens with zero attached hydrogens (tertiary/aromatic N) is 1. The predicted molar refractivity (Wildman–Crippen MR) is 291 cm³/mol. The first-order chi connectivity index (χ1) is 38.6. The number of fused-ring (bicyclic) bond motifs is 9. The molecule has 3 aliphatic heterocycles. The Morgan fingerprint density at radius 1 is 0.863 bits per heavy atom. The molecular weight excluding hydrogens is 1030 g/mol. The molecular formula is C60H60FN7O12. The van der Waals surface area contributed by atoms with Gasteiger partial charge in [-0.3, -0.25) is 28.8 Å². The molecule has 2 aliphatic carbocycles. The fraction of sp³-hybridized carbons (Fsp3) is 0.333. The van der Waals surface area contributed by atoms with Crippen molar-refractivity contribution >= 4 is 52.4 Å². The third kappa shape index (κ3) is 10.7. The van der Waals surface area contributed by atoms with E-state index in [1.807, 2.05) is 67.6 Å². The third-order valence-electron chi connectivity index (χ3n) is 15.5.